The van der Waals surface area contributed by atoms with Crippen molar-refractivity contribution in [2.75, 3.05) is 6.54 Å². The zero-order valence-electron chi connectivity index (χ0n) is 8.77. The van der Waals surface area contributed by atoms with E-state index in [1.165, 1.54) is 0 Å². The van der Waals surface area contributed by atoms with Gasteiger partial charge in [-0.2, -0.15) is 0 Å². The van der Waals surface area contributed by atoms with Gasteiger partial charge in [-0.3, -0.25) is 0 Å². The molecule has 1 fully saturated rings. The van der Waals surface area contributed by atoms with E-state index in [0.717, 1.165) is 6.54 Å². The largest absolute Gasteiger partial charge is 0.361 e. The molecule has 0 radical (unpaired) electrons. The van der Waals surface area contributed by atoms with Crippen LogP contribution in [0.15, 0.2) is 0 Å². The van der Waals surface area contributed by atoms with E-state index in [9.17, 15) is 0 Å². The topological polar surface area (TPSA) is 50.1 Å². The van der Waals surface area contributed by atoms with Gasteiger partial charge in [0.25, 0.3) is 0 Å². The standard InChI is InChI=1S/C9H19N3S/c1-8(2)6(9(8,3)4)5-11-7(13)12-10/h6H,5,10H2,1-4H3,(H2,11,12,13). The Hall–Kier alpha value is -0.350. The summed E-state index contributed by atoms with van der Waals surface area (Å²) < 4.78 is 0. The van der Waals surface area contributed by atoms with Gasteiger partial charge in [0.2, 0.25) is 0 Å². The Labute approximate surface area is 85.4 Å². The molecule has 0 aromatic heterocycles. The van der Waals surface area contributed by atoms with E-state index in [4.69, 9.17) is 18.1 Å². The smallest absolute Gasteiger partial charge is 0.180 e. The van der Waals surface area contributed by atoms with Crippen molar-refractivity contribution in [2.24, 2.45) is 22.6 Å². The predicted molar refractivity (Wildman–Crippen MR) is 59.0 cm³/mol. The van der Waals surface area contributed by atoms with Gasteiger partial charge < -0.3 is 10.7 Å². The zero-order chi connectivity index (χ0) is 10.3. The number of rotatable bonds is 2. The third kappa shape index (κ3) is 1.65. The first-order chi connectivity index (χ1) is 5.84. The number of nitrogens with two attached hydrogens (primary N) is 1. The highest BCUT2D eigenvalue weighted by Crippen LogP contribution is 2.67. The lowest BCUT2D eigenvalue weighted by molar-refractivity contribution is 0.457. The second kappa shape index (κ2) is 3.10. The van der Waals surface area contributed by atoms with E-state index in [1.807, 2.05) is 0 Å². The van der Waals surface area contributed by atoms with Crippen molar-refractivity contribution in [2.45, 2.75) is 27.7 Å². The molecule has 1 aliphatic carbocycles. The quantitative estimate of drug-likeness (QED) is 0.354. The Morgan fingerprint density at radius 1 is 1.31 bits per heavy atom. The molecule has 0 aromatic rings. The van der Waals surface area contributed by atoms with Crippen molar-refractivity contribution in [3.05, 3.63) is 0 Å². The lowest BCUT2D eigenvalue weighted by Gasteiger charge is -2.07. The molecule has 1 rings (SSSR count). The second-order valence-corrected chi connectivity index (χ2v) is 5.26. The predicted octanol–water partition coefficient (Wildman–Crippen LogP) is 1.01. The van der Waals surface area contributed by atoms with Crippen LogP contribution in [0.4, 0.5) is 0 Å². The molecule has 0 atom stereocenters. The number of hydrogen-bond donors (Lipinski definition) is 3. The maximum absolute atomic E-state index is 5.16. The second-order valence-electron chi connectivity index (χ2n) is 4.85. The minimum atomic E-state index is 0.407. The number of thiocarbonyl (C=S) groups is 1. The van der Waals surface area contributed by atoms with Crippen LogP contribution in [-0.2, 0) is 0 Å². The van der Waals surface area contributed by atoms with E-state index >= 15 is 0 Å². The highest BCUT2D eigenvalue weighted by Gasteiger charge is 2.64. The monoisotopic (exact) mass is 201 g/mol. The summed E-state index contributed by atoms with van der Waals surface area (Å²) in [4.78, 5) is 0. The molecule has 0 spiro atoms. The van der Waals surface area contributed by atoms with Crippen LogP contribution in [0.25, 0.3) is 0 Å². The highest BCUT2D eigenvalue weighted by atomic mass is 32.1. The van der Waals surface area contributed by atoms with Crippen LogP contribution in [0.3, 0.4) is 0 Å². The molecule has 0 saturated heterocycles. The maximum Gasteiger partial charge on any atom is 0.180 e. The van der Waals surface area contributed by atoms with Crippen LogP contribution < -0.4 is 16.6 Å². The molecule has 0 aromatic carbocycles. The summed E-state index contributed by atoms with van der Waals surface area (Å²) in [6.07, 6.45) is 0. The van der Waals surface area contributed by atoms with Crippen molar-refractivity contribution in [1.82, 2.24) is 10.7 Å². The van der Waals surface area contributed by atoms with Gasteiger partial charge >= 0.3 is 0 Å². The summed E-state index contributed by atoms with van der Waals surface area (Å²) in [5, 5.41) is 3.63. The molecule has 0 aliphatic heterocycles. The zero-order valence-corrected chi connectivity index (χ0v) is 9.59. The van der Waals surface area contributed by atoms with Crippen LogP contribution in [0, 0.1) is 16.7 Å². The van der Waals surface area contributed by atoms with Gasteiger partial charge in [-0.1, -0.05) is 27.7 Å². The van der Waals surface area contributed by atoms with Crippen LogP contribution >= 0.6 is 12.2 Å². The Morgan fingerprint density at radius 3 is 2.08 bits per heavy atom. The van der Waals surface area contributed by atoms with E-state index in [-0.39, 0.29) is 0 Å². The first-order valence-electron chi connectivity index (χ1n) is 4.58. The average molecular weight is 201 g/mol. The summed E-state index contributed by atoms with van der Waals surface area (Å²) in [7, 11) is 0. The molecule has 1 saturated carbocycles. The molecule has 0 amide bonds. The Bertz CT molecular complexity index is 209. The summed E-state index contributed by atoms with van der Waals surface area (Å²) in [6, 6.07) is 0. The van der Waals surface area contributed by atoms with Crippen molar-refractivity contribution in [1.29, 1.82) is 0 Å². The normalized spacial score (nSPS) is 23.8. The van der Waals surface area contributed by atoms with E-state index in [1.54, 1.807) is 0 Å². The fourth-order valence-corrected chi connectivity index (χ4v) is 2.17. The first kappa shape index (κ1) is 10.7. The molecule has 0 unspecified atom stereocenters. The molecule has 3 nitrogen and oxygen atoms in total. The number of hydrazine groups is 1. The van der Waals surface area contributed by atoms with Gasteiger partial charge in [0, 0.05) is 6.54 Å². The molecule has 0 bridgehead atoms. The van der Waals surface area contributed by atoms with E-state index < -0.39 is 0 Å². The number of hydrogen-bond acceptors (Lipinski definition) is 2. The summed E-state index contributed by atoms with van der Waals surface area (Å²) in [5.74, 6) is 5.83. The molecule has 0 heterocycles. The fourth-order valence-electron chi connectivity index (χ4n) is 2.09. The van der Waals surface area contributed by atoms with Crippen molar-refractivity contribution in [3.63, 3.8) is 0 Å². The lowest BCUT2D eigenvalue weighted by Crippen LogP contribution is -2.40. The van der Waals surface area contributed by atoms with E-state index in [2.05, 4.69) is 38.4 Å². The van der Waals surface area contributed by atoms with E-state index in [0.29, 0.717) is 21.9 Å². The van der Waals surface area contributed by atoms with Crippen LogP contribution in [0.1, 0.15) is 27.7 Å². The molecule has 4 heteroatoms. The Kier molecular flexibility index (Phi) is 2.56. The summed E-state index contributed by atoms with van der Waals surface area (Å²) in [5.41, 5.74) is 3.24. The minimum Gasteiger partial charge on any atom is -0.361 e. The van der Waals surface area contributed by atoms with Crippen molar-refractivity contribution in [3.8, 4) is 0 Å². The van der Waals surface area contributed by atoms with Crippen molar-refractivity contribution < 1.29 is 0 Å². The summed E-state index contributed by atoms with van der Waals surface area (Å²) >= 11 is 4.90. The molecule has 13 heavy (non-hydrogen) atoms. The van der Waals surface area contributed by atoms with Gasteiger partial charge in [0.05, 0.1) is 0 Å². The van der Waals surface area contributed by atoms with Gasteiger partial charge in [0.1, 0.15) is 0 Å². The fraction of sp³-hybridized carbons (Fsp3) is 0.889. The van der Waals surface area contributed by atoms with Crippen molar-refractivity contribution >= 4 is 17.3 Å². The van der Waals surface area contributed by atoms with Gasteiger partial charge in [-0.25, -0.2) is 5.84 Å². The average Bonchev–Trinajstić information content (AvgIpc) is 2.40. The highest BCUT2D eigenvalue weighted by molar-refractivity contribution is 7.80. The van der Waals surface area contributed by atoms with Gasteiger partial charge in [0.15, 0.2) is 5.11 Å². The Balaban J connectivity index is 2.38. The van der Waals surface area contributed by atoms with Gasteiger partial charge in [-0.15, -0.1) is 0 Å². The SMILES string of the molecule is CC1(C)C(CNC(=S)NN)C1(C)C. The Morgan fingerprint density at radius 2 is 1.77 bits per heavy atom. The molecular weight excluding hydrogens is 182 g/mol. The van der Waals surface area contributed by atoms with Crippen LogP contribution in [-0.4, -0.2) is 11.7 Å². The van der Waals surface area contributed by atoms with Gasteiger partial charge in [-0.05, 0) is 29.0 Å². The first-order valence-corrected chi connectivity index (χ1v) is 4.99. The maximum atomic E-state index is 5.16. The third-order valence-corrected chi connectivity index (χ3v) is 4.18. The number of nitrogens with one attached hydrogen (secondary N) is 2. The molecule has 1 aliphatic rings. The summed E-state index contributed by atoms with van der Waals surface area (Å²) in [6.45, 7) is 10.1. The van der Waals surface area contributed by atoms with Crippen LogP contribution in [0.2, 0.25) is 0 Å². The third-order valence-electron chi connectivity index (χ3n) is 3.92. The molecular formula is C9H19N3S. The molecule has 4 N–H and O–H groups in total. The minimum absolute atomic E-state index is 0.407. The van der Waals surface area contributed by atoms with Crippen LogP contribution in [0.5, 0.6) is 0 Å². The lowest BCUT2D eigenvalue weighted by atomic mass is 10.0. The molecule has 76 valence electrons.